The molecule has 1 aliphatic heterocycles. The number of imidazole rings is 2. The molecule has 16 heteroatoms. The highest BCUT2D eigenvalue weighted by Gasteiger charge is 2.38. The van der Waals surface area contributed by atoms with Crippen molar-refractivity contribution in [2.75, 3.05) is 20.7 Å². The van der Waals surface area contributed by atoms with Crippen LogP contribution in [0.5, 0.6) is 0 Å². The molecule has 1 fully saturated rings. The number of ether oxygens (including phenoxy) is 2. The summed E-state index contributed by atoms with van der Waals surface area (Å²) in [4.78, 5) is 68.7. The lowest BCUT2D eigenvalue weighted by Crippen LogP contribution is -2.41. The summed E-state index contributed by atoms with van der Waals surface area (Å²) in [5.41, 5.74) is 5.58. The van der Waals surface area contributed by atoms with Crippen LogP contribution in [0.1, 0.15) is 66.8 Å². The van der Waals surface area contributed by atoms with Crippen molar-refractivity contribution in [2.24, 2.45) is 0 Å². The van der Waals surface area contributed by atoms with Crippen molar-refractivity contribution in [1.29, 1.82) is 0 Å². The molecule has 5 N–H and O–H groups in total. The molecule has 0 spiro atoms. The van der Waals surface area contributed by atoms with Gasteiger partial charge in [-0.2, -0.15) is 0 Å². The Hall–Kier alpha value is -7.36. The number of H-pyrrole nitrogens is 2. The average molecular weight is 783 g/mol. The molecule has 16 nitrogen and oxygen atoms in total. The van der Waals surface area contributed by atoms with Gasteiger partial charge in [-0.15, -0.1) is 10.2 Å². The fraction of sp³-hybridized carbons (Fsp3) is 0.238. The predicted molar refractivity (Wildman–Crippen MR) is 212 cm³/mol. The van der Waals surface area contributed by atoms with Crippen molar-refractivity contribution in [3.63, 3.8) is 0 Å². The SMILES string of the molecule is CNC(=O)OC(C(=O)N1CCC[C@H]1c1ncc(-c2ccc(-c3ccc(-c4cnc([C@@H](C)NC(=O)[C@H](NC(=O)OC)c5ccccc5)[nH]4)cc3)nn2)[nH]1)c1ccccc1. The van der Waals surface area contributed by atoms with Crippen LogP contribution in [0.3, 0.4) is 0 Å². The molecule has 1 aliphatic rings. The van der Waals surface area contributed by atoms with Crippen LogP contribution in [0, 0.1) is 0 Å². The zero-order valence-electron chi connectivity index (χ0n) is 32.0. The Morgan fingerprint density at radius 3 is 2.09 bits per heavy atom. The van der Waals surface area contributed by atoms with E-state index in [2.05, 4.69) is 46.1 Å². The Morgan fingerprint density at radius 2 is 1.41 bits per heavy atom. The Morgan fingerprint density at radius 1 is 0.759 bits per heavy atom. The molecule has 3 aromatic heterocycles. The van der Waals surface area contributed by atoms with Gasteiger partial charge in [0.05, 0.1) is 48.7 Å². The first-order valence-electron chi connectivity index (χ1n) is 18.7. The minimum Gasteiger partial charge on any atom is -0.453 e. The van der Waals surface area contributed by atoms with Crippen LogP contribution in [0.2, 0.25) is 0 Å². The third-order valence-electron chi connectivity index (χ3n) is 9.84. The summed E-state index contributed by atoms with van der Waals surface area (Å²) >= 11 is 0. The number of carbonyl (C=O) groups is 4. The van der Waals surface area contributed by atoms with Crippen LogP contribution < -0.4 is 16.0 Å². The Bertz CT molecular complexity index is 2350. The summed E-state index contributed by atoms with van der Waals surface area (Å²) in [5.74, 6) is 0.418. The number of aromatic amines is 2. The van der Waals surface area contributed by atoms with E-state index in [-0.39, 0.29) is 11.9 Å². The second-order valence-electron chi connectivity index (χ2n) is 13.6. The van der Waals surface area contributed by atoms with Crippen LogP contribution in [0.4, 0.5) is 9.59 Å². The van der Waals surface area contributed by atoms with E-state index in [1.54, 1.807) is 72.7 Å². The number of hydrogen-bond donors (Lipinski definition) is 5. The Balaban J connectivity index is 0.990. The number of likely N-dealkylation sites (tertiary alicyclic amines) is 1. The summed E-state index contributed by atoms with van der Waals surface area (Å²) in [7, 11) is 2.69. The number of carbonyl (C=O) groups excluding carboxylic acids is 4. The van der Waals surface area contributed by atoms with Gasteiger partial charge in [-0.25, -0.2) is 19.6 Å². The first-order chi connectivity index (χ1) is 28.2. The van der Waals surface area contributed by atoms with E-state index in [9.17, 15) is 19.2 Å². The second kappa shape index (κ2) is 17.6. The topological polar surface area (TPSA) is 209 Å². The van der Waals surface area contributed by atoms with Gasteiger partial charge in [-0.05, 0) is 43.0 Å². The van der Waals surface area contributed by atoms with Crippen LogP contribution in [0.15, 0.2) is 109 Å². The fourth-order valence-electron chi connectivity index (χ4n) is 6.80. The second-order valence-corrected chi connectivity index (χ2v) is 13.6. The van der Waals surface area contributed by atoms with E-state index in [4.69, 9.17) is 9.47 Å². The van der Waals surface area contributed by atoms with Gasteiger partial charge in [0.25, 0.3) is 5.91 Å². The molecule has 0 saturated carbocycles. The molecule has 1 saturated heterocycles. The van der Waals surface area contributed by atoms with Crippen molar-refractivity contribution in [2.45, 2.75) is 44.0 Å². The van der Waals surface area contributed by atoms with Crippen molar-refractivity contribution >= 4 is 24.0 Å². The molecule has 0 bridgehead atoms. The smallest absolute Gasteiger partial charge is 0.408 e. The molecule has 58 heavy (non-hydrogen) atoms. The maximum absolute atomic E-state index is 13.8. The zero-order valence-corrected chi connectivity index (χ0v) is 32.0. The highest BCUT2D eigenvalue weighted by atomic mass is 16.6. The zero-order chi connectivity index (χ0) is 40.6. The van der Waals surface area contributed by atoms with E-state index in [1.807, 2.05) is 48.5 Å². The number of nitrogens with zero attached hydrogens (tertiary/aromatic N) is 5. The monoisotopic (exact) mass is 782 g/mol. The maximum Gasteiger partial charge on any atom is 0.408 e. The average Bonchev–Trinajstić information content (AvgIpc) is 4.07. The minimum absolute atomic E-state index is 0.319. The van der Waals surface area contributed by atoms with Crippen molar-refractivity contribution in [3.8, 4) is 33.9 Å². The number of aromatic nitrogens is 6. The van der Waals surface area contributed by atoms with E-state index in [0.29, 0.717) is 52.8 Å². The quantitative estimate of drug-likeness (QED) is 0.0984. The van der Waals surface area contributed by atoms with Crippen molar-refractivity contribution in [1.82, 2.24) is 51.0 Å². The van der Waals surface area contributed by atoms with Gasteiger partial charge in [0, 0.05) is 24.7 Å². The highest BCUT2D eigenvalue weighted by Crippen LogP contribution is 2.35. The maximum atomic E-state index is 13.8. The molecule has 0 radical (unpaired) electrons. The minimum atomic E-state index is -1.10. The summed E-state index contributed by atoms with van der Waals surface area (Å²) in [6.07, 6.45) is 2.33. The molecule has 1 unspecified atom stereocenters. The van der Waals surface area contributed by atoms with Crippen molar-refractivity contribution in [3.05, 3.63) is 132 Å². The van der Waals surface area contributed by atoms with Gasteiger partial charge >= 0.3 is 12.2 Å². The number of amides is 4. The molecular formula is C42H42N10O6. The van der Waals surface area contributed by atoms with E-state index < -0.39 is 36.3 Å². The van der Waals surface area contributed by atoms with Crippen LogP contribution >= 0.6 is 0 Å². The summed E-state index contributed by atoms with van der Waals surface area (Å²) in [6, 6.07) is 27.6. The molecule has 4 heterocycles. The van der Waals surface area contributed by atoms with Crippen LogP contribution in [-0.4, -0.2) is 79.7 Å². The Labute approximate surface area is 333 Å². The normalized spacial score (nSPS) is 15.2. The first-order valence-corrected chi connectivity index (χ1v) is 18.7. The molecule has 4 amide bonds. The molecule has 296 valence electrons. The molecule has 0 aliphatic carbocycles. The van der Waals surface area contributed by atoms with Gasteiger partial charge in [0.15, 0.2) is 0 Å². The van der Waals surface area contributed by atoms with Gasteiger partial charge in [0.1, 0.15) is 23.4 Å². The van der Waals surface area contributed by atoms with Crippen molar-refractivity contribution < 1.29 is 28.7 Å². The predicted octanol–water partition coefficient (Wildman–Crippen LogP) is 5.96. The number of rotatable bonds is 12. The van der Waals surface area contributed by atoms with Gasteiger partial charge < -0.3 is 40.3 Å². The molecule has 4 atom stereocenters. The van der Waals surface area contributed by atoms with Crippen LogP contribution in [-0.2, 0) is 19.1 Å². The third-order valence-corrected chi connectivity index (χ3v) is 9.84. The van der Waals surface area contributed by atoms with E-state index in [1.165, 1.54) is 14.2 Å². The standard InChI is InChI=1S/C42H42N10O6/c1-25(46-39(53)35(49-42(56)57-3)28-11-6-4-7-12-28)37-44-23-32(47-37)27-18-16-26(17-19-27)30-20-21-31(51-50-30)33-24-45-38(48-33)34-15-10-22-52(34)40(54)36(58-41(55)43-2)29-13-8-5-9-14-29/h4-9,11-14,16-21,23-25,34-36H,10,15,22H2,1-3H3,(H,43,55)(H,44,47)(H,45,48)(H,46,53)(H,49,56)/t25-,34+,35-,36?/m1/s1. The third kappa shape index (κ3) is 8.70. The number of methoxy groups -OCH3 is 1. The summed E-state index contributed by atoms with van der Waals surface area (Å²) in [6.45, 7) is 2.30. The number of alkyl carbamates (subject to hydrolysis) is 2. The highest BCUT2D eigenvalue weighted by molar-refractivity contribution is 5.87. The van der Waals surface area contributed by atoms with Gasteiger partial charge in [0.2, 0.25) is 12.0 Å². The lowest BCUT2D eigenvalue weighted by molar-refractivity contribution is -0.141. The molecule has 6 aromatic rings. The van der Waals surface area contributed by atoms with E-state index in [0.717, 1.165) is 23.2 Å². The lowest BCUT2D eigenvalue weighted by Gasteiger charge is -2.27. The number of benzene rings is 3. The summed E-state index contributed by atoms with van der Waals surface area (Å²) in [5, 5.41) is 16.9. The molecule has 7 rings (SSSR count). The largest absolute Gasteiger partial charge is 0.453 e. The Kier molecular flexibility index (Phi) is 11.8. The first kappa shape index (κ1) is 38.9. The molecular weight excluding hydrogens is 741 g/mol. The van der Waals surface area contributed by atoms with Crippen LogP contribution in [0.25, 0.3) is 33.9 Å². The number of nitrogens with one attached hydrogen (secondary N) is 5. The van der Waals surface area contributed by atoms with Gasteiger partial charge in [-0.3, -0.25) is 9.59 Å². The lowest BCUT2D eigenvalue weighted by atomic mass is 10.1. The van der Waals surface area contributed by atoms with E-state index >= 15 is 0 Å². The fourth-order valence-corrected chi connectivity index (χ4v) is 6.80. The molecule has 3 aromatic carbocycles. The van der Waals surface area contributed by atoms with Gasteiger partial charge in [-0.1, -0.05) is 84.9 Å². The summed E-state index contributed by atoms with van der Waals surface area (Å²) < 4.78 is 10.3. The number of hydrogen-bond acceptors (Lipinski definition) is 10.